The van der Waals surface area contributed by atoms with Crippen molar-refractivity contribution in [3.8, 4) is 5.75 Å². The maximum Gasteiger partial charge on any atom is 0.142 e. The highest BCUT2D eigenvalue weighted by Gasteiger charge is 2.06. The summed E-state index contributed by atoms with van der Waals surface area (Å²) in [6, 6.07) is 7.69. The lowest BCUT2D eigenvalue weighted by Crippen LogP contribution is -2.33. The number of hydrogen-bond donors (Lipinski definition) is 2. The molecule has 3 N–H and O–H groups in total. The smallest absolute Gasteiger partial charge is 0.142 e. The monoisotopic (exact) mass is 238 g/mol. The topological polar surface area (TPSA) is 58.7 Å². The Morgan fingerprint density at radius 1 is 1.41 bits per heavy atom. The highest BCUT2D eigenvalue weighted by atomic mass is 16.5. The summed E-state index contributed by atoms with van der Waals surface area (Å²) < 4.78 is 5.59. The molecule has 0 aliphatic rings. The number of nitrogen functional groups attached to an aromatic ring is 1. The second kappa shape index (κ2) is 7.14. The molecule has 0 saturated carbocycles. The fourth-order valence-corrected chi connectivity index (χ4v) is 1.47. The summed E-state index contributed by atoms with van der Waals surface area (Å²) in [5.74, 6) is 0.741. The average molecular weight is 238 g/mol. The molecule has 0 amide bonds. The van der Waals surface area contributed by atoms with E-state index < -0.39 is 0 Å². The van der Waals surface area contributed by atoms with Crippen LogP contribution in [0.2, 0.25) is 0 Å². The van der Waals surface area contributed by atoms with Crippen LogP contribution in [0, 0.1) is 0 Å². The van der Waals surface area contributed by atoms with Gasteiger partial charge in [-0.15, -0.1) is 0 Å². The fraction of sp³-hybridized carbons (Fsp3) is 0.538. The van der Waals surface area contributed by atoms with E-state index >= 15 is 0 Å². The molecule has 0 heterocycles. The van der Waals surface area contributed by atoms with E-state index in [1.807, 2.05) is 38.2 Å². The van der Waals surface area contributed by atoms with Gasteiger partial charge in [0, 0.05) is 12.6 Å². The molecule has 1 aromatic carbocycles. The van der Waals surface area contributed by atoms with Crippen molar-refractivity contribution in [2.24, 2.45) is 0 Å². The van der Waals surface area contributed by atoms with Gasteiger partial charge in [0.05, 0.1) is 18.9 Å². The van der Waals surface area contributed by atoms with Crippen molar-refractivity contribution in [1.82, 2.24) is 4.90 Å². The van der Waals surface area contributed by atoms with Crippen molar-refractivity contribution in [2.75, 3.05) is 32.5 Å². The molecule has 17 heavy (non-hydrogen) atoms. The van der Waals surface area contributed by atoms with Gasteiger partial charge < -0.3 is 20.5 Å². The number of hydrogen-bond acceptors (Lipinski definition) is 4. The summed E-state index contributed by atoms with van der Waals surface area (Å²) in [5, 5.41) is 8.99. The summed E-state index contributed by atoms with van der Waals surface area (Å²) in [4.78, 5) is 2.11. The molecule has 1 atom stereocenters. The van der Waals surface area contributed by atoms with E-state index in [-0.39, 0.29) is 12.6 Å². The van der Waals surface area contributed by atoms with Crippen molar-refractivity contribution in [2.45, 2.75) is 19.4 Å². The molecule has 0 radical (unpaired) electrons. The molecule has 96 valence electrons. The summed E-state index contributed by atoms with van der Waals surface area (Å²) >= 11 is 0. The highest BCUT2D eigenvalue weighted by molar-refractivity contribution is 5.51. The lowest BCUT2D eigenvalue weighted by atomic mass is 10.3. The SMILES string of the molecule is CC(CO)N(C)CCCOc1ccccc1N. The van der Waals surface area contributed by atoms with Gasteiger partial charge in [-0.25, -0.2) is 0 Å². The van der Waals surface area contributed by atoms with E-state index in [2.05, 4.69) is 4.90 Å². The third-order valence-corrected chi connectivity index (χ3v) is 2.85. The number of aliphatic hydroxyl groups is 1. The van der Waals surface area contributed by atoms with Crippen molar-refractivity contribution in [1.29, 1.82) is 0 Å². The van der Waals surface area contributed by atoms with E-state index in [0.29, 0.717) is 12.3 Å². The van der Waals surface area contributed by atoms with Gasteiger partial charge in [0.25, 0.3) is 0 Å². The third-order valence-electron chi connectivity index (χ3n) is 2.85. The number of ether oxygens (including phenoxy) is 1. The van der Waals surface area contributed by atoms with Gasteiger partial charge in [0.2, 0.25) is 0 Å². The van der Waals surface area contributed by atoms with Crippen LogP contribution < -0.4 is 10.5 Å². The standard InChI is InChI=1S/C13H22N2O2/c1-11(10-16)15(2)8-5-9-17-13-7-4-3-6-12(13)14/h3-4,6-7,11,16H,5,8-10,14H2,1-2H3. The number of likely N-dealkylation sites (N-methyl/N-ethyl adjacent to an activating group) is 1. The number of para-hydroxylation sites is 2. The summed E-state index contributed by atoms with van der Waals surface area (Å²) in [7, 11) is 2.00. The first-order valence-corrected chi connectivity index (χ1v) is 5.93. The third kappa shape index (κ3) is 4.63. The summed E-state index contributed by atoms with van der Waals surface area (Å²) in [5.41, 5.74) is 6.43. The molecule has 0 saturated heterocycles. The minimum atomic E-state index is 0.184. The van der Waals surface area contributed by atoms with Gasteiger partial charge in [0.1, 0.15) is 5.75 Å². The molecule has 0 aliphatic carbocycles. The number of nitrogens with two attached hydrogens (primary N) is 1. The van der Waals surface area contributed by atoms with Crippen molar-refractivity contribution < 1.29 is 9.84 Å². The zero-order valence-corrected chi connectivity index (χ0v) is 10.6. The number of rotatable bonds is 7. The van der Waals surface area contributed by atoms with E-state index in [1.165, 1.54) is 0 Å². The summed E-state index contributed by atoms with van der Waals surface area (Å²) in [6.45, 7) is 3.71. The number of benzene rings is 1. The zero-order chi connectivity index (χ0) is 12.7. The quantitative estimate of drug-likeness (QED) is 0.556. The molecule has 0 aromatic heterocycles. The van der Waals surface area contributed by atoms with Crippen LogP contribution >= 0.6 is 0 Å². The summed E-state index contributed by atoms with van der Waals surface area (Å²) in [6.07, 6.45) is 0.912. The molecule has 0 fully saturated rings. The van der Waals surface area contributed by atoms with Gasteiger partial charge in [0.15, 0.2) is 0 Å². The lowest BCUT2D eigenvalue weighted by molar-refractivity contribution is 0.151. The average Bonchev–Trinajstić information content (AvgIpc) is 2.35. The van der Waals surface area contributed by atoms with Crippen LogP contribution in [0.5, 0.6) is 5.75 Å². The van der Waals surface area contributed by atoms with Gasteiger partial charge in [-0.3, -0.25) is 0 Å². The van der Waals surface area contributed by atoms with Crippen LogP contribution in [0.3, 0.4) is 0 Å². The molecular formula is C13H22N2O2. The Bertz CT molecular complexity index is 331. The molecule has 0 spiro atoms. The zero-order valence-electron chi connectivity index (χ0n) is 10.6. The number of nitrogens with zero attached hydrogens (tertiary/aromatic N) is 1. The Morgan fingerprint density at radius 3 is 2.76 bits per heavy atom. The van der Waals surface area contributed by atoms with Crippen LogP contribution in [-0.4, -0.2) is 42.9 Å². The van der Waals surface area contributed by atoms with E-state index in [1.54, 1.807) is 0 Å². The maximum atomic E-state index is 8.99. The van der Waals surface area contributed by atoms with Gasteiger partial charge in [-0.05, 0) is 32.5 Å². The molecule has 4 heteroatoms. The molecule has 1 unspecified atom stereocenters. The lowest BCUT2D eigenvalue weighted by Gasteiger charge is -2.22. The Balaban J connectivity index is 2.23. The van der Waals surface area contributed by atoms with Crippen LogP contribution in [0.1, 0.15) is 13.3 Å². The fourth-order valence-electron chi connectivity index (χ4n) is 1.47. The number of anilines is 1. The minimum Gasteiger partial charge on any atom is -0.491 e. The maximum absolute atomic E-state index is 8.99. The van der Waals surface area contributed by atoms with E-state index in [0.717, 1.165) is 18.7 Å². The van der Waals surface area contributed by atoms with Crippen LogP contribution in [-0.2, 0) is 0 Å². The minimum absolute atomic E-state index is 0.184. The Morgan fingerprint density at radius 2 is 2.12 bits per heavy atom. The van der Waals surface area contributed by atoms with Gasteiger partial charge >= 0.3 is 0 Å². The molecule has 0 aliphatic heterocycles. The van der Waals surface area contributed by atoms with E-state index in [4.69, 9.17) is 15.6 Å². The van der Waals surface area contributed by atoms with Gasteiger partial charge in [-0.1, -0.05) is 12.1 Å². The largest absolute Gasteiger partial charge is 0.491 e. The second-order valence-electron chi connectivity index (χ2n) is 4.25. The predicted octanol–water partition coefficient (Wildman–Crippen LogP) is 1.35. The van der Waals surface area contributed by atoms with Gasteiger partial charge in [-0.2, -0.15) is 0 Å². The van der Waals surface area contributed by atoms with E-state index in [9.17, 15) is 0 Å². The molecule has 4 nitrogen and oxygen atoms in total. The first-order valence-electron chi connectivity index (χ1n) is 5.93. The Labute approximate surface area is 103 Å². The predicted molar refractivity (Wildman–Crippen MR) is 70.1 cm³/mol. The number of aliphatic hydroxyl groups excluding tert-OH is 1. The van der Waals surface area contributed by atoms with Crippen LogP contribution in [0.25, 0.3) is 0 Å². The van der Waals surface area contributed by atoms with Crippen molar-refractivity contribution in [3.05, 3.63) is 24.3 Å². The highest BCUT2D eigenvalue weighted by Crippen LogP contribution is 2.19. The molecule has 1 aromatic rings. The van der Waals surface area contributed by atoms with Crippen molar-refractivity contribution in [3.63, 3.8) is 0 Å². The Hall–Kier alpha value is -1.26. The van der Waals surface area contributed by atoms with Crippen molar-refractivity contribution >= 4 is 5.69 Å². The second-order valence-corrected chi connectivity index (χ2v) is 4.25. The Kier molecular flexibility index (Phi) is 5.80. The molecule has 0 bridgehead atoms. The van der Waals surface area contributed by atoms with Crippen LogP contribution in [0.15, 0.2) is 24.3 Å². The first-order chi connectivity index (χ1) is 8.15. The molecular weight excluding hydrogens is 216 g/mol. The molecule has 1 rings (SSSR count). The first kappa shape index (κ1) is 13.8. The van der Waals surface area contributed by atoms with Crippen LogP contribution in [0.4, 0.5) is 5.69 Å². The normalized spacial score (nSPS) is 12.7.